The first-order chi connectivity index (χ1) is 11.8. The fraction of sp³-hybridized carbons (Fsp3) is 0.529. The van der Waals surface area contributed by atoms with Crippen LogP contribution in [0.1, 0.15) is 50.5 Å². The van der Waals surface area contributed by atoms with Crippen molar-refractivity contribution >= 4 is 29.1 Å². The van der Waals surface area contributed by atoms with E-state index in [1.165, 1.54) is 6.07 Å². The predicted octanol–water partition coefficient (Wildman–Crippen LogP) is 4.53. The van der Waals surface area contributed by atoms with Crippen molar-refractivity contribution in [2.45, 2.75) is 57.2 Å². The summed E-state index contributed by atoms with van der Waals surface area (Å²) in [7, 11) is 0. The molecule has 2 N–H and O–H groups in total. The molecule has 0 radical (unpaired) electrons. The molecule has 0 saturated heterocycles. The second kappa shape index (κ2) is 8.56. The van der Waals surface area contributed by atoms with Crippen LogP contribution in [0.4, 0.5) is 18.9 Å². The highest BCUT2D eigenvalue weighted by molar-refractivity contribution is 6.31. The van der Waals surface area contributed by atoms with Gasteiger partial charge in [-0.3, -0.25) is 9.59 Å². The van der Waals surface area contributed by atoms with Crippen molar-refractivity contribution in [3.05, 3.63) is 28.8 Å². The molecule has 138 valence electrons. The van der Waals surface area contributed by atoms with Crippen molar-refractivity contribution in [3.63, 3.8) is 0 Å². The molecule has 1 aromatic rings. The van der Waals surface area contributed by atoms with E-state index in [-0.39, 0.29) is 11.7 Å². The van der Waals surface area contributed by atoms with Crippen LogP contribution in [0.3, 0.4) is 0 Å². The molecule has 4 nitrogen and oxygen atoms in total. The highest BCUT2D eigenvalue weighted by Gasteiger charge is 2.33. The molecule has 0 aliphatic heterocycles. The van der Waals surface area contributed by atoms with Crippen LogP contribution in [0, 0.1) is 0 Å². The summed E-state index contributed by atoms with van der Waals surface area (Å²) in [6.07, 6.45) is 1.11. The van der Waals surface area contributed by atoms with Gasteiger partial charge in [0.25, 0.3) is 0 Å². The largest absolute Gasteiger partial charge is 0.417 e. The van der Waals surface area contributed by atoms with E-state index in [2.05, 4.69) is 10.6 Å². The SMILES string of the molecule is O=C(CC(=O)NC1CCCCCC1)Nc1ccc(Cl)c(C(F)(F)F)c1. The molecule has 0 atom stereocenters. The molecule has 25 heavy (non-hydrogen) atoms. The fourth-order valence-electron chi connectivity index (χ4n) is 2.87. The molecule has 0 bridgehead atoms. The Balaban J connectivity index is 1.90. The van der Waals surface area contributed by atoms with E-state index >= 15 is 0 Å². The second-order valence-electron chi connectivity index (χ2n) is 6.17. The molecule has 0 aromatic heterocycles. The smallest absolute Gasteiger partial charge is 0.353 e. The average molecular weight is 377 g/mol. The summed E-state index contributed by atoms with van der Waals surface area (Å²) >= 11 is 5.53. The van der Waals surface area contributed by atoms with Crippen LogP contribution in [0.5, 0.6) is 0 Å². The number of carbonyl (C=O) groups is 2. The van der Waals surface area contributed by atoms with Gasteiger partial charge in [0.05, 0.1) is 10.6 Å². The van der Waals surface area contributed by atoms with Gasteiger partial charge in [-0.2, -0.15) is 13.2 Å². The van der Waals surface area contributed by atoms with Crippen molar-refractivity contribution < 1.29 is 22.8 Å². The lowest BCUT2D eigenvalue weighted by Gasteiger charge is -2.16. The lowest BCUT2D eigenvalue weighted by Crippen LogP contribution is -2.36. The van der Waals surface area contributed by atoms with Crippen molar-refractivity contribution in [1.29, 1.82) is 0 Å². The number of hydrogen-bond acceptors (Lipinski definition) is 2. The topological polar surface area (TPSA) is 58.2 Å². The van der Waals surface area contributed by atoms with Gasteiger partial charge in [-0.15, -0.1) is 0 Å². The van der Waals surface area contributed by atoms with Gasteiger partial charge in [-0.05, 0) is 31.0 Å². The summed E-state index contributed by atoms with van der Waals surface area (Å²) in [5, 5.41) is 4.68. The number of nitrogens with one attached hydrogen (secondary N) is 2. The molecule has 1 aliphatic carbocycles. The normalized spacial score (nSPS) is 16.2. The zero-order valence-corrected chi connectivity index (χ0v) is 14.3. The van der Waals surface area contributed by atoms with Gasteiger partial charge in [-0.1, -0.05) is 37.3 Å². The molecule has 2 rings (SSSR count). The number of alkyl halides is 3. The van der Waals surface area contributed by atoms with E-state index in [0.29, 0.717) is 0 Å². The van der Waals surface area contributed by atoms with E-state index in [4.69, 9.17) is 11.6 Å². The summed E-state index contributed by atoms with van der Waals surface area (Å²) in [5.41, 5.74) is -1.08. The Kier molecular flexibility index (Phi) is 6.70. The van der Waals surface area contributed by atoms with E-state index in [9.17, 15) is 22.8 Å². The summed E-state index contributed by atoms with van der Waals surface area (Å²) in [4.78, 5) is 23.8. The highest BCUT2D eigenvalue weighted by atomic mass is 35.5. The number of rotatable bonds is 4. The number of hydrogen-bond donors (Lipinski definition) is 2. The van der Waals surface area contributed by atoms with Crippen molar-refractivity contribution in [1.82, 2.24) is 5.32 Å². The Hall–Kier alpha value is -1.76. The molecule has 8 heteroatoms. The predicted molar refractivity (Wildman–Crippen MR) is 89.3 cm³/mol. The summed E-state index contributed by atoms with van der Waals surface area (Å²) in [6, 6.07) is 3.14. The molecule has 1 aliphatic rings. The Morgan fingerprint density at radius 2 is 1.72 bits per heavy atom. The van der Waals surface area contributed by atoms with Crippen molar-refractivity contribution in [3.8, 4) is 0 Å². The maximum atomic E-state index is 12.8. The first-order valence-corrected chi connectivity index (χ1v) is 8.59. The van der Waals surface area contributed by atoms with Crippen LogP contribution < -0.4 is 10.6 Å². The average Bonchev–Trinajstić information content (AvgIpc) is 2.76. The van der Waals surface area contributed by atoms with Crippen LogP contribution in [0.25, 0.3) is 0 Å². The lowest BCUT2D eigenvalue weighted by atomic mass is 10.1. The zero-order chi connectivity index (χ0) is 18.4. The molecule has 0 spiro atoms. The third kappa shape index (κ3) is 6.23. The van der Waals surface area contributed by atoms with Crippen LogP contribution in [0.2, 0.25) is 5.02 Å². The third-order valence-electron chi connectivity index (χ3n) is 4.10. The maximum Gasteiger partial charge on any atom is 0.417 e. The minimum atomic E-state index is -4.62. The minimum Gasteiger partial charge on any atom is -0.353 e. The Morgan fingerprint density at radius 1 is 1.08 bits per heavy atom. The van der Waals surface area contributed by atoms with E-state index in [1.54, 1.807) is 0 Å². The van der Waals surface area contributed by atoms with Crippen LogP contribution in [-0.4, -0.2) is 17.9 Å². The van der Waals surface area contributed by atoms with Gasteiger partial charge in [0.2, 0.25) is 11.8 Å². The molecule has 1 saturated carbocycles. The molecular weight excluding hydrogens is 357 g/mol. The van der Waals surface area contributed by atoms with E-state index in [1.807, 2.05) is 0 Å². The Bertz CT molecular complexity index is 627. The standard InChI is InChI=1S/C17H20ClF3N2O2/c18-14-8-7-12(9-13(14)17(19,20)21)23-16(25)10-15(24)22-11-5-3-1-2-4-6-11/h7-9,11H,1-6,10H2,(H,22,24)(H,23,25). The maximum absolute atomic E-state index is 12.8. The number of anilines is 1. The minimum absolute atomic E-state index is 0.0519. The molecule has 1 fully saturated rings. The van der Waals surface area contributed by atoms with Crippen LogP contribution >= 0.6 is 11.6 Å². The quantitative estimate of drug-likeness (QED) is 0.599. The van der Waals surface area contributed by atoms with E-state index in [0.717, 1.165) is 50.7 Å². The number of benzene rings is 1. The number of halogens is 4. The van der Waals surface area contributed by atoms with E-state index < -0.39 is 35.0 Å². The summed E-state index contributed by atoms with van der Waals surface area (Å²) < 4.78 is 38.4. The molecule has 2 amide bonds. The summed E-state index contributed by atoms with van der Waals surface area (Å²) in [6.45, 7) is 0. The molecule has 0 heterocycles. The Labute approximate surface area is 149 Å². The third-order valence-corrected chi connectivity index (χ3v) is 4.43. The molecular formula is C17H20ClF3N2O2. The van der Waals surface area contributed by atoms with Gasteiger partial charge < -0.3 is 10.6 Å². The van der Waals surface area contributed by atoms with Gasteiger partial charge in [0.1, 0.15) is 6.42 Å². The van der Waals surface area contributed by atoms with Gasteiger partial charge >= 0.3 is 6.18 Å². The first kappa shape index (κ1) is 19.6. The lowest BCUT2D eigenvalue weighted by molar-refractivity contribution is -0.137. The van der Waals surface area contributed by atoms with Crippen LogP contribution in [-0.2, 0) is 15.8 Å². The van der Waals surface area contributed by atoms with Gasteiger partial charge in [0.15, 0.2) is 0 Å². The molecule has 1 aromatic carbocycles. The van der Waals surface area contributed by atoms with Gasteiger partial charge in [0, 0.05) is 11.7 Å². The molecule has 0 unspecified atom stereocenters. The first-order valence-electron chi connectivity index (χ1n) is 8.21. The van der Waals surface area contributed by atoms with Crippen molar-refractivity contribution in [2.75, 3.05) is 5.32 Å². The number of carbonyl (C=O) groups excluding carboxylic acids is 2. The van der Waals surface area contributed by atoms with Crippen molar-refractivity contribution in [2.24, 2.45) is 0 Å². The monoisotopic (exact) mass is 376 g/mol. The van der Waals surface area contributed by atoms with Crippen LogP contribution in [0.15, 0.2) is 18.2 Å². The summed E-state index contributed by atoms with van der Waals surface area (Å²) in [5.74, 6) is -1.09. The Morgan fingerprint density at radius 3 is 2.32 bits per heavy atom. The fourth-order valence-corrected chi connectivity index (χ4v) is 3.10. The second-order valence-corrected chi connectivity index (χ2v) is 6.58. The zero-order valence-electron chi connectivity index (χ0n) is 13.6. The highest BCUT2D eigenvalue weighted by Crippen LogP contribution is 2.36. The number of amides is 2. The van der Waals surface area contributed by atoms with Gasteiger partial charge in [-0.25, -0.2) is 0 Å².